The maximum absolute atomic E-state index is 10.6. The van der Waals surface area contributed by atoms with Crippen LogP contribution in [0.15, 0.2) is 22.7 Å². The van der Waals surface area contributed by atoms with Crippen LogP contribution in [-0.4, -0.2) is 17.3 Å². The average molecular weight is 340 g/mol. The summed E-state index contributed by atoms with van der Waals surface area (Å²) in [5.41, 5.74) is 2.41. The monoisotopic (exact) mass is 339 g/mol. The molecule has 0 spiro atoms. The quantitative estimate of drug-likeness (QED) is 0.862. The molecule has 2 nitrogen and oxygen atoms in total. The number of aliphatic hydroxyl groups is 1. The van der Waals surface area contributed by atoms with Gasteiger partial charge >= 0.3 is 0 Å². The zero-order valence-corrected chi connectivity index (χ0v) is 14.4. The number of nitrogens with one attached hydrogen (secondary N) is 1. The highest BCUT2D eigenvalue weighted by Crippen LogP contribution is 2.39. The molecule has 0 radical (unpaired) electrons. The highest BCUT2D eigenvalue weighted by molar-refractivity contribution is 9.10. The van der Waals surface area contributed by atoms with E-state index in [4.69, 9.17) is 0 Å². The molecule has 20 heavy (non-hydrogen) atoms. The van der Waals surface area contributed by atoms with Gasteiger partial charge in [0, 0.05) is 17.6 Å². The van der Waals surface area contributed by atoms with Crippen molar-refractivity contribution in [2.75, 3.05) is 6.54 Å². The standard InChI is InChI=1S/C17H26BrNO/c1-13-10-14(4-5-15(13)18)11-19-12-17(20)8-6-16(2,3)7-9-17/h4-5,10,19-20H,6-9,11-12H2,1-3H3. The fourth-order valence-electron chi connectivity index (χ4n) is 2.83. The maximum Gasteiger partial charge on any atom is 0.0772 e. The SMILES string of the molecule is Cc1cc(CNCC2(O)CCC(C)(C)CC2)ccc1Br. The first kappa shape index (κ1) is 16.0. The average Bonchev–Trinajstić information content (AvgIpc) is 2.38. The van der Waals surface area contributed by atoms with Crippen molar-refractivity contribution in [2.24, 2.45) is 5.41 Å². The number of benzene rings is 1. The summed E-state index contributed by atoms with van der Waals surface area (Å²) in [6.45, 7) is 8.21. The third-order valence-electron chi connectivity index (χ3n) is 4.54. The van der Waals surface area contributed by atoms with Crippen LogP contribution in [0.5, 0.6) is 0 Å². The van der Waals surface area contributed by atoms with Crippen LogP contribution in [0.3, 0.4) is 0 Å². The lowest BCUT2D eigenvalue weighted by molar-refractivity contribution is -0.0245. The molecule has 0 atom stereocenters. The Labute approximate surface area is 131 Å². The van der Waals surface area contributed by atoms with Crippen LogP contribution in [0.4, 0.5) is 0 Å². The van der Waals surface area contributed by atoms with Crippen molar-refractivity contribution in [1.29, 1.82) is 0 Å². The summed E-state index contributed by atoms with van der Waals surface area (Å²) >= 11 is 3.52. The Morgan fingerprint density at radius 2 is 1.85 bits per heavy atom. The fraction of sp³-hybridized carbons (Fsp3) is 0.647. The van der Waals surface area contributed by atoms with Gasteiger partial charge in [0.05, 0.1) is 5.60 Å². The predicted octanol–water partition coefficient (Wildman–Crippen LogP) is 4.18. The smallest absolute Gasteiger partial charge is 0.0772 e. The minimum absolute atomic E-state index is 0.398. The molecule has 112 valence electrons. The number of rotatable bonds is 4. The fourth-order valence-corrected chi connectivity index (χ4v) is 3.07. The van der Waals surface area contributed by atoms with Crippen LogP contribution in [0.25, 0.3) is 0 Å². The van der Waals surface area contributed by atoms with Gasteiger partial charge in [0.25, 0.3) is 0 Å². The van der Waals surface area contributed by atoms with Gasteiger partial charge in [-0.1, -0.05) is 41.9 Å². The van der Waals surface area contributed by atoms with E-state index in [0.29, 0.717) is 12.0 Å². The van der Waals surface area contributed by atoms with E-state index in [0.717, 1.165) is 36.7 Å². The molecule has 3 heteroatoms. The van der Waals surface area contributed by atoms with Crippen molar-refractivity contribution in [3.8, 4) is 0 Å². The van der Waals surface area contributed by atoms with E-state index in [1.54, 1.807) is 0 Å². The first-order valence-corrected chi connectivity index (χ1v) is 8.27. The predicted molar refractivity (Wildman–Crippen MR) is 87.8 cm³/mol. The van der Waals surface area contributed by atoms with Crippen molar-refractivity contribution >= 4 is 15.9 Å². The van der Waals surface area contributed by atoms with E-state index in [1.807, 2.05) is 0 Å². The van der Waals surface area contributed by atoms with Gasteiger partial charge in [-0.15, -0.1) is 0 Å². The summed E-state index contributed by atoms with van der Waals surface area (Å²) < 4.78 is 1.15. The molecule has 0 aliphatic heterocycles. The molecule has 0 unspecified atom stereocenters. The van der Waals surface area contributed by atoms with Gasteiger partial charge < -0.3 is 10.4 Å². The number of hydrogen-bond acceptors (Lipinski definition) is 2. The van der Waals surface area contributed by atoms with Crippen LogP contribution in [0.2, 0.25) is 0 Å². The molecular weight excluding hydrogens is 314 g/mol. The lowest BCUT2D eigenvalue weighted by atomic mass is 9.71. The van der Waals surface area contributed by atoms with Gasteiger partial charge in [0.1, 0.15) is 0 Å². The molecule has 0 aromatic heterocycles. The van der Waals surface area contributed by atoms with Crippen molar-refractivity contribution in [3.05, 3.63) is 33.8 Å². The molecule has 0 saturated heterocycles. The summed E-state index contributed by atoms with van der Waals surface area (Å²) in [6, 6.07) is 6.40. The lowest BCUT2D eigenvalue weighted by Crippen LogP contribution is -2.44. The molecule has 0 bridgehead atoms. The normalized spacial score (nSPS) is 20.9. The summed E-state index contributed by atoms with van der Waals surface area (Å²) in [6.07, 6.45) is 4.05. The first-order valence-electron chi connectivity index (χ1n) is 7.48. The van der Waals surface area contributed by atoms with Crippen LogP contribution < -0.4 is 5.32 Å². The maximum atomic E-state index is 10.6. The highest BCUT2D eigenvalue weighted by atomic mass is 79.9. The zero-order chi connectivity index (χ0) is 14.8. The molecule has 0 amide bonds. The van der Waals surface area contributed by atoms with E-state index in [9.17, 15) is 5.11 Å². The third-order valence-corrected chi connectivity index (χ3v) is 5.43. The summed E-state index contributed by atoms with van der Waals surface area (Å²) in [4.78, 5) is 0. The van der Waals surface area contributed by atoms with Crippen molar-refractivity contribution in [2.45, 2.75) is 58.6 Å². The Morgan fingerprint density at radius 1 is 1.20 bits per heavy atom. The second-order valence-electron chi connectivity index (χ2n) is 7.08. The zero-order valence-electron chi connectivity index (χ0n) is 12.8. The summed E-state index contributed by atoms with van der Waals surface area (Å²) in [5, 5.41) is 14.0. The van der Waals surface area contributed by atoms with Gasteiger partial charge in [0.2, 0.25) is 0 Å². The Bertz CT molecular complexity index is 460. The lowest BCUT2D eigenvalue weighted by Gasteiger charge is -2.40. The van der Waals surface area contributed by atoms with E-state index in [1.165, 1.54) is 11.1 Å². The van der Waals surface area contributed by atoms with Gasteiger partial charge in [-0.25, -0.2) is 0 Å². The number of aryl methyl sites for hydroxylation is 1. The van der Waals surface area contributed by atoms with Gasteiger partial charge in [-0.3, -0.25) is 0 Å². The van der Waals surface area contributed by atoms with Crippen LogP contribution >= 0.6 is 15.9 Å². The minimum atomic E-state index is -0.514. The Balaban J connectivity index is 1.82. The molecular formula is C17H26BrNO. The van der Waals surface area contributed by atoms with E-state index in [2.05, 4.69) is 60.2 Å². The Kier molecular flexibility index (Phi) is 4.93. The Morgan fingerprint density at radius 3 is 2.45 bits per heavy atom. The van der Waals surface area contributed by atoms with Crippen molar-refractivity contribution in [1.82, 2.24) is 5.32 Å². The molecule has 1 aromatic rings. The minimum Gasteiger partial charge on any atom is -0.389 e. The molecule has 1 aromatic carbocycles. The van der Waals surface area contributed by atoms with Gasteiger partial charge in [0.15, 0.2) is 0 Å². The summed E-state index contributed by atoms with van der Waals surface area (Å²) in [7, 11) is 0. The largest absolute Gasteiger partial charge is 0.389 e. The van der Waals surface area contributed by atoms with Crippen molar-refractivity contribution < 1.29 is 5.11 Å². The summed E-state index contributed by atoms with van der Waals surface area (Å²) in [5.74, 6) is 0. The molecule has 1 aliphatic carbocycles. The topological polar surface area (TPSA) is 32.3 Å². The molecule has 1 saturated carbocycles. The van der Waals surface area contributed by atoms with Gasteiger partial charge in [-0.2, -0.15) is 0 Å². The van der Waals surface area contributed by atoms with Gasteiger partial charge in [-0.05, 0) is 55.2 Å². The van der Waals surface area contributed by atoms with Crippen LogP contribution in [-0.2, 0) is 6.54 Å². The molecule has 1 fully saturated rings. The molecule has 2 rings (SSSR count). The highest BCUT2D eigenvalue weighted by Gasteiger charge is 2.36. The first-order chi connectivity index (χ1) is 9.30. The van der Waals surface area contributed by atoms with E-state index < -0.39 is 5.60 Å². The Hall–Kier alpha value is -0.380. The van der Waals surface area contributed by atoms with Crippen molar-refractivity contribution in [3.63, 3.8) is 0 Å². The van der Waals surface area contributed by atoms with E-state index in [-0.39, 0.29) is 0 Å². The number of halogens is 1. The number of hydrogen-bond donors (Lipinski definition) is 2. The van der Waals surface area contributed by atoms with E-state index >= 15 is 0 Å². The second kappa shape index (κ2) is 6.17. The van der Waals surface area contributed by atoms with Crippen LogP contribution in [0, 0.1) is 12.3 Å². The second-order valence-corrected chi connectivity index (χ2v) is 7.93. The molecule has 2 N–H and O–H groups in total. The molecule has 0 heterocycles. The third kappa shape index (κ3) is 4.31. The van der Waals surface area contributed by atoms with Crippen LogP contribution in [0.1, 0.15) is 50.7 Å². The molecule has 1 aliphatic rings.